The van der Waals surface area contributed by atoms with Gasteiger partial charge < -0.3 is 18.8 Å². The average Bonchev–Trinajstić information content (AvgIpc) is 3.05. The molecule has 0 spiro atoms. The highest BCUT2D eigenvalue weighted by atomic mass is 32.2. The van der Waals surface area contributed by atoms with Crippen molar-refractivity contribution in [1.82, 2.24) is 4.31 Å². The molecule has 2 fully saturated rings. The molecule has 0 radical (unpaired) electrons. The van der Waals surface area contributed by atoms with Crippen molar-refractivity contribution in [3.63, 3.8) is 0 Å². The zero-order chi connectivity index (χ0) is 14.8. The Balaban J connectivity index is 2.03. The van der Waals surface area contributed by atoms with Gasteiger partial charge in [0.05, 0.1) is 13.2 Å². The molecule has 2 aliphatic rings. The summed E-state index contributed by atoms with van der Waals surface area (Å²) in [4.78, 5) is 10.3. The molecule has 8 heteroatoms. The number of rotatable bonds is 5. The summed E-state index contributed by atoms with van der Waals surface area (Å²) >= 11 is 0. The Kier molecular flexibility index (Phi) is 5.17. The van der Waals surface area contributed by atoms with Gasteiger partial charge in [-0.15, -0.1) is 0 Å². The molecule has 0 aliphatic carbocycles. The number of nitrogens with zero attached hydrogens (tertiary/aromatic N) is 1. The highest BCUT2D eigenvalue weighted by molar-refractivity contribution is 7.85. The monoisotopic (exact) mass is 321 g/mol. The molecule has 2 aliphatic heterocycles. The number of hydrogen-bond donors (Lipinski definition) is 2. The molecule has 0 amide bonds. The summed E-state index contributed by atoms with van der Waals surface area (Å²) in [5.41, 5.74) is -1.20. The number of aliphatic hydroxyl groups excluding tert-OH is 1. The second kappa shape index (κ2) is 6.35. The zero-order valence-corrected chi connectivity index (χ0v) is 13.8. The van der Waals surface area contributed by atoms with Crippen LogP contribution in [0.1, 0.15) is 26.7 Å². The number of hydrogen-bond acceptors (Lipinski definition) is 5. The van der Waals surface area contributed by atoms with Crippen molar-refractivity contribution in [3.05, 3.63) is 11.5 Å². The molecule has 2 rings (SSSR count). The molecule has 0 saturated carbocycles. The summed E-state index contributed by atoms with van der Waals surface area (Å²) in [7, 11) is -4.46. The fourth-order valence-electron chi connectivity index (χ4n) is 2.21. The fraction of sp³-hybridized carbons (Fsp3) is 0.833. The van der Waals surface area contributed by atoms with Crippen molar-refractivity contribution < 1.29 is 23.0 Å². The Hall–Kier alpha value is -0.0931. The van der Waals surface area contributed by atoms with Crippen LogP contribution in [0.15, 0.2) is 11.5 Å². The van der Waals surface area contributed by atoms with Crippen molar-refractivity contribution in [2.24, 2.45) is 0 Å². The third-order valence-electron chi connectivity index (χ3n) is 3.68. The van der Waals surface area contributed by atoms with Crippen molar-refractivity contribution in [2.75, 3.05) is 26.3 Å². The zero-order valence-electron chi connectivity index (χ0n) is 11.9. The Morgan fingerprint density at radius 3 is 2.60 bits per heavy atom. The molecule has 0 aromatic heterocycles. The SMILES string of the molecule is CC(C)[Si]1(O)OCC(/C=C/S(=O)N2CCCC2)(CO)O1. The largest absolute Gasteiger partial charge is 0.501 e. The maximum atomic E-state index is 12.1. The van der Waals surface area contributed by atoms with E-state index in [0.29, 0.717) is 0 Å². The van der Waals surface area contributed by atoms with Crippen molar-refractivity contribution in [1.29, 1.82) is 0 Å². The fourth-order valence-corrected chi connectivity index (χ4v) is 5.22. The Morgan fingerprint density at radius 1 is 1.45 bits per heavy atom. The van der Waals surface area contributed by atoms with E-state index >= 15 is 0 Å². The van der Waals surface area contributed by atoms with Crippen molar-refractivity contribution >= 4 is 19.8 Å². The van der Waals surface area contributed by atoms with Crippen LogP contribution in [0.25, 0.3) is 0 Å². The third-order valence-corrected chi connectivity index (χ3v) is 7.64. The van der Waals surface area contributed by atoms with Gasteiger partial charge in [-0.25, -0.2) is 8.51 Å². The smallest absolute Gasteiger partial charge is 0.393 e. The molecule has 3 unspecified atom stereocenters. The predicted molar refractivity (Wildman–Crippen MR) is 78.0 cm³/mol. The van der Waals surface area contributed by atoms with Crippen molar-refractivity contribution in [2.45, 2.75) is 37.8 Å². The first-order valence-electron chi connectivity index (χ1n) is 6.93. The van der Waals surface area contributed by atoms with E-state index in [-0.39, 0.29) is 18.8 Å². The summed E-state index contributed by atoms with van der Waals surface area (Å²) in [5.74, 6) is 0. The third kappa shape index (κ3) is 3.38. The minimum Gasteiger partial charge on any atom is -0.393 e. The maximum absolute atomic E-state index is 12.1. The highest BCUT2D eigenvalue weighted by Crippen LogP contribution is 2.34. The van der Waals surface area contributed by atoms with Crippen LogP contribution < -0.4 is 0 Å². The molecule has 6 nitrogen and oxygen atoms in total. The molecule has 116 valence electrons. The van der Waals surface area contributed by atoms with Gasteiger partial charge >= 0.3 is 8.80 Å². The van der Waals surface area contributed by atoms with Crippen LogP contribution in [-0.4, -0.2) is 59.1 Å². The first-order valence-corrected chi connectivity index (χ1v) is 9.94. The van der Waals surface area contributed by atoms with Gasteiger partial charge in [0.15, 0.2) is 0 Å². The van der Waals surface area contributed by atoms with Gasteiger partial charge in [-0.1, -0.05) is 13.8 Å². The summed E-state index contributed by atoms with van der Waals surface area (Å²) in [6.07, 6.45) is 3.70. The summed E-state index contributed by atoms with van der Waals surface area (Å²) in [6.45, 7) is 5.09. The van der Waals surface area contributed by atoms with Crippen LogP contribution in [0.2, 0.25) is 5.54 Å². The topological polar surface area (TPSA) is 79.2 Å². The van der Waals surface area contributed by atoms with E-state index in [1.807, 2.05) is 18.2 Å². The van der Waals surface area contributed by atoms with E-state index in [1.165, 1.54) is 5.41 Å². The van der Waals surface area contributed by atoms with Crippen LogP contribution in [0.3, 0.4) is 0 Å². The lowest BCUT2D eigenvalue weighted by molar-refractivity contribution is 0.0526. The Bertz CT molecular complexity index is 401. The van der Waals surface area contributed by atoms with E-state index in [4.69, 9.17) is 8.85 Å². The van der Waals surface area contributed by atoms with Crippen LogP contribution in [0.5, 0.6) is 0 Å². The molecular weight excluding hydrogens is 298 g/mol. The Labute approximate surface area is 123 Å². The minimum absolute atomic E-state index is 0.0953. The van der Waals surface area contributed by atoms with Gasteiger partial charge in [-0.3, -0.25) is 0 Å². The van der Waals surface area contributed by atoms with Gasteiger partial charge in [-0.2, -0.15) is 0 Å². The molecule has 0 bridgehead atoms. The summed E-state index contributed by atoms with van der Waals surface area (Å²) in [6, 6.07) is 0. The molecule has 2 saturated heterocycles. The first-order chi connectivity index (χ1) is 9.41. The van der Waals surface area contributed by atoms with Crippen LogP contribution >= 0.6 is 0 Å². The maximum Gasteiger partial charge on any atom is 0.501 e. The van der Waals surface area contributed by atoms with E-state index < -0.39 is 25.4 Å². The second-order valence-corrected chi connectivity index (χ2v) is 9.86. The van der Waals surface area contributed by atoms with Gasteiger partial charge in [0.1, 0.15) is 16.6 Å². The van der Waals surface area contributed by atoms with Crippen LogP contribution in [0, 0.1) is 0 Å². The Morgan fingerprint density at radius 2 is 2.10 bits per heavy atom. The number of aliphatic hydroxyl groups is 1. The molecule has 20 heavy (non-hydrogen) atoms. The molecule has 3 atom stereocenters. The molecule has 2 heterocycles. The molecule has 0 aromatic rings. The van der Waals surface area contributed by atoms with Gasteiger partial charge in [0, 0.05) is 24.0 Å². The molecule has 2 N–H and O–H groups in total. The van der Waals surface area contributed by atoms with Gasteiger partial charge in [-0.05, 0) is 18.9 Å². The average molecular weight is 321 g/mol. The van der Waals surface area contributed by atoms with E-state index in [9.17, 15) is 14.1 Å². The summed E-state index contributed by atoms with van der Waals surface area (Å²) < 4.78 is 25.0. The highest BCUT2D eigenvalue weighted by Gasteiger charge is 2.54. The van der Waals surface area contributed by atoms with Crippen LogP contribution in [-0.2, 0) is 19.8 Å². The van der Waals surface area contributed by atoms with E-state index in [2.05, 4.69) is 0 Å². The normalized spacial score (nSPS) is 37.2. The molecule has 0 aromatic carbocycles. The van der Waals surface area contributed by atoms with E-state index in [1.54, 1.807) is 6.08 Å². The first kappa shape index (κ1) is 16.3. The quantitative estimate of drug-likeness (QED) is 0.716. The standard InChI is InChI=1S/C12H23NO5SSi/c1-11(2)20(16)17-10-12(9-14,18-20)5-8-19(15)13-6-3-4-7-13/h5,8,11,14,16H,3-4,6-7,9-10H2,1-2H3/b8-5+. The lowest BCUT2D eigenvalue weighted by Crippen LogP contribution is -2.44. The minimum atomic E-state index is -3.25. The second-order valence-electron chi connectivity index (χ2n) is 5.61. The summed E-state index contributed by atoms with van der Waals surface area (Å²) in [5, 5.41) is 11.1. The van der Waals surface area contributed by atoms with Gasteiger partial charge in [0.25, 0.3) is 0 Å². The molecular formula is C12H23NO5SSi. The van der Waals surface area contributed by atoms with Crippen LogP contribution in [0.4, 0.5) is 0 Å². The predicted octanol–water partition coefficient (Wildman–Crippen LogP) is 0.379. The lowest BCUT2D eigenvalue weighted by atomic mass is 10.1. The van der Waals surface area contributed by atoms with Crippen molar-refractivity contribution in [3.8, 4) is 0 Å². The van der Waals surface area contributed by atoms with Gasteiger partial charge in [0.2, 0.25) is 0 Å². The van der Waals surface area contributed by atoms with E-state index in [0.717, 1.165) is 25.9 Å². The lowest BCUT2D eigenvalue weighted by Gasteiger charge is -2.25.